The van der Waals surface area contributed by atoms with Crippen molar-refractivity contribution in [3.05, 3.63) is 34.3 Å². The molecule has 1 aromatic rings. The van der Waals surface area contributed by atoms with E-state index in [1.54, 1.807) is 0 Å². The molecule has 1 saturated heterocycles. The molecule has 1 aliphatic heterocycles. The summed E-state index contributed by atoms with van der Waals surface area (Å²) in [6.07, 6.45) is 2.80. The molecular weight excluding hydrogens is 312 g/mol. The summed E-state index contributed by atoms with van der Waals surface area (Å²) in [5.41, 5.74) is 1.95. The third-order valence-electron chi connectivity index (χ3n) is 4.98. The predicted molar refractivity (Wildman–Crippen MR) is 87.8 cm³/mol. The average molecular weight is 337 g/mol. The van der Waals surface area contributed by atoms with Crippen LogP contribution in [0.1, 0.15) is 39.2 Å². The molecule has 2 aliphatic rings. The van der Waals surface area contributed by atoms with Crippen molar-refractivity contribution in [2.75, 3.05) is 13.1 Å². The van der Waals surface area contributed by atoms with E-state index in [0.29, 0.717) is 5.54 Å². The Labute approximate surface area is 131 Å². The second-order valence-corrected chi connectivity index (χ2v) is 8.27. The Bertz CT molecular complexity index is 478. The maximum Gasteiger partial charge on any atom is 0.0338 e. The van der Waals surface area contributed by atoms with Gasteiger partial charge in [-0.25, -0.2) is 0 Å². The summed E-state index contributed by atoms with van der Waals surface area (Å²) in [7, 11) is 0. The van der Waals surface area contributed by atoms with Crippen LogP contribution in [-0.4, -0.2) is 29.1 Å². The zero-order chi connectivity index (χ0) is 14.4. The zero-order valence-corrected chi connectivity index (χ0v) is 14.3. The third-order valence-corrected chi connectivity index (χ3v) is 5.51. The van der Waals surface area contributed by atoms with E-state index in [9.17, 15) is 0 Å². The lowest BCUT2D eigenvalue weighted by Gasteiger charge is -2.52. The Morgan fingerprint density at radius 3 is 2.45 bits per heavy atom. The maximum atomic E-state index is 3.75. The molecule has 0 radical (unpaired) electrons. The quantitative estimate of drug-likeness (QED) is 0.902. The van der Waals surface area contributed by atoms with E-state index in [4.69, 9.17) is 0 Å². The summed E-state index contributed by atoms with van der Waals surface area (Å²) in [6, 6.07) is 8.78. The second-order valence-electron chi connectivity index (χ2n) is 7.35. The van der Waals surface area contributed by atoms with Gasteiger partial charge in [0, 0.05) is 35.2 Å². The fourth-order valence-corrected chi connectivity index (χ4v) is 3.66. The molecule has 110 valence electrons. The minimum atomic E-state index is 0.212. The highest BCUT2D eigenvalue weighted by Crippen LogP contribution is 2.45. The van der Waals surface area contributed by atoms with Crippen molar-refractivity contribution in [2.24, 2.45) is 5.92 Å². The van der Waals surface area contributed by atoms with Crippen molar-refractivity contribution in [1.82, 2.24) is 10.2 Å². The summed E-state index contributed by atoms with van der Waals surface area (Å²) in [6.45, 7) is 10.4. The van der Waals surface area contributed by atoms with Gasteiger partial charge in [0.05, 0.1) is 0 Å². The fraction of sp³-hybridized carbons (Fsp3) is 0.647. The van der Waals surface area contributed by atoms with Gasteiger partial charge < -0.3 is 5.32 Å². The van der Waals surface area contributed by atoms with Crippen LogP contribution in [0.3, 0.4) is 0 Å². The van der Waals surface area contributed by atoms with Crippen LogP contribution in [-0.2, 0) is 6.54 Å². The van der Waals surface area contributed by atoms with Crippen molar-refractivity contribution in [3.63, 3.8) is 0 Å². The van der Waals surface area contributed by atoms with Gasteiger partial charge >= 0.3 is 0 Å². The van der Waals surface area contributed by atoms with Crippen LogP contribution in [0, 0.1) is 5.92 Å². The van der Waals surface area contributed by atoms with E-state index < -0.39 is 0 Å². The molecule has 1 N–H and O–H groups in total. The van der Waals surface area contributed by atoms with Gasteiger partial charge in [0.2, 0.25) is 0 Å². The summed E-state index contributed by atoms with van der Waals surface area (Å²) >= 11 is 3.52. The number of benzene rings is 1. The number of halogens is 1. The lowest BCUT2D eigenvalue weighted by atomic mass is 9.85. The Kier molecular flexibility index (Phi) is 3.72. The third kappa shape index (κ3) is 2.95. The number of hydrogen-bond donors (Lipinski definition) is 1. The molecule has 2 nitrogen and oxygen atoms in total. The van der Waals surface area contributed by atoms with Crippen molar-refractivity contribution < 1.29 is 0 Å². The van der Waals surface area contributed by atoms with Crippen molar-refractivity contribution in [2.45, 2.75) is 51.2 Å². The number of nitrogens with zero attached hydrogens (tertiary/aromatic N) is 1. The Balaban J connectivity index is 1.80. The van der Waals surface area contributed by atoms with Crippen LogP contribution in [0.5, 0.6) is 0 Å². The molecule has 1 aromatic carbocycles. The summed E-state index contributed by atoms with van der Waals surface area (Å²) in [5.74, 6) is 0.876. The number of hydrogen-bond acceptors (Lipinski definition) is 2. The predicted octanol–water partition coefficient (Wildman–Crippen LogP) is 3.80. The highest BCUT2D eigenvalue weighted by atomic mass is 79.9. The number of nitrogens with one attached hydrogen (secondary N) is 1. The first-order valence-electron chi connectivity index (χ1n) is 7.64. The molecule has 0 spiro atoms. The van der Waals surface area contributed by atoms with Crippen molar-refractivity contribution in [1.29, 1.82) is 0 Å². The topological polar surface area (TPSA) is 15.3 Å². The summed E-state index contributed by atoms with van der Waals surface area (Å²) < 4.78 is 1.16. The average Bonchev–Trinajstić information content (AvgIpc) is 3.21. The molecule has 1 atom stereocenters. The highest BCUT2D eigenvalue weighted by Gasteiger charge is 2.49. The zero-order valence-electron chi connectivity index (χ0n) is 12.7. The minimum Gasteiger partial charge on any atom is -0.309 e. The smallest absolute Gasteiger partial charge is 0.0338 e. The van der Waals surface area contributed by atoms with Gasteiger partial charge in [-0.1, -0.05) is 28.1 Å². The molecule has 2 fully saturated rings. The van der Waals surface area contributed by atoms with Gasteiger partial charge in [-0.2, -0.15) is 0 Å². The SMILES string of the molecule is CC1(C)CN(Cc2ccc(Br)cc2)C(C)(C2CC2)CN1. The van der Waals surface area contributed by atoms with E-state index in [1.807, 2.05) is 0 Å². The first kappa shape index (κ1) is 14.6. The molecule has 0 bridgehead atoms. The van der Waals surface area contributed by atoms with Gasteiger partial charge in [0.15, 0.2) is 0 Å². The molecule has 0 aromatic heterocycles. The molecule has 0 amide bonds. The number of rotatable bonds is 3. The highest BCUT2D eigenvalue weighted by molar-refractivity contribution is 9.10. The van der Waals surface area contributed by atoms with Crippen LogP contribution >= 0.6 is 15.9 Å². The standard InChI is InChI=1S/C17H25BrN2/c1-16(2)12-20(10-13-4-8-15(18)9-5-13)17(3,11-19-16)14-6-7-14/h4-5,8-9,14,19H,6-7,10-12H2,1-3H3. The molecule has 3 rings (SSSR count). The summed E-state index contributed by atoms with van der Waals surface area (Å²) in [5, 5.41) is 3.75. The summed E-state index contributed by atoms with van der Waals surface area (Å²) in [4.78, 5) is 2.71. The van der Waals surface area contributed by atoms with Gasteiger partial charge in [-0.15, -0.1) is 0 Å². The van der Waals surface area contributed by atoms with E-state index in [2.05, 4.69) is 71.2 Å². The molecule has 1 saturated carbocycles. The Hall–Kier alpha value is -0.380. The first-order valence-corrected chi connectivity index (χ1v) is 8.43. The maximum absolute atomic E-state index is 3.75. The van der Waals surface area contributed by atoms with Crippen LogP contribution < -0.4 is 5.32 Å². The Morgan fingerprint density at radius 1 is 1.20 bits per heavy atom. The van der Waals surface area contributed by atoms with E-state index in [1.165, 1.54) is 18.4 Å². The van der Waals surface area contributed by atoms with Crippen LogP contribution in [0.2, 0.25) is 0 Å². The van der Waals surface area contributed by atoms with Crippen LogP contribution in [0.25, 0.3) is 0 Å². The minimum absolute atomic E-state index is 0.212. The molecule has 1 unspecified atom stereocenters. The largest absolute Gasteiger partial charge is 0.309 e. The normalized spacial score (nSPS) is 30.4. The van der Waals surface area contributed by atoms with E-state index >= 15 is 0 Å². The van der Waals surface area contributed by atoms with Crippen LogP contribution in [0.4, 0.5) is 0 Å². The molecule has 3 heteroatoms. The van der Waals surface area contributed by atoms with Gasteiger partial charge in [-0.05, 0) is 57.2 Å². The van der Waals surface area contributed by atoms with Crippen LogP contribution in [0.15, 0.2) is 28.7 Å². The van der Waals surface area contributed by atoms with E-state index in [0.717, 1.165) is 30.0 Å². The first-order chi connectivity index (χ1) is 9.39. The Morgan fingerprint density at radius 2 is 1.85 bits per heavy atom. The molecule has 1 heterocycles. The molecule has 20 heavy (non-hydrogen) atoms. The van der Waals surface area contributed by atoms with E-state index in [-0.39, 0.29) is 5.54 Å². The monoisotopic (exact) mass is 336 g/mol. The van der Waals surface area contributed by atoms with Gasteiger partial charge in [0.1, 0.15) is 0 Å². The lowest BCUT2D eigenvalue weighted by molar-refractivity contribution is 0.00520. The molecular formula is C17H25BrN2. The number of piperazine rings is 1. The lowest BCUT2D eigenvalue weighted by Crippen LogP contribution is -2.67. The van der Waals surface area contributed by atoms with Crippen molar-refractivity contribution in [3.8, 4) is 0 Å². The molecule has 1 aliphatic carbocycles. The second kappa shape index (κ2) is 5.11. The fourth-order valence-electron chi connectivity index (χ4n) is 3.40. The van der Waals surface area contributed by atoms with Gasteiger partial charge in [0.25, 0.3) is 0 Å². The van der Waals surface area contributed by atoms with Crippen molar-refractivity contribution >= 4 is 15.9 Å². The van der Waals surface area contributed by atoms with Gasteiger partial charge in [-0.3, -0.25) is 4.90 Å².